The molecule has 2 aliphatic heterocycles. The average Bonchev–Trinajstić information content (AvgIpc) is 3.16. The maximum absolute atomic E-state index is 13.3. The summed E-state index contributed by atoms with van der Waals surface area (Å²) in [5, 5.41) is 9.65. The van der Waals surface area contributed by atoms with Gasteiger partial charge in [0.1, 0.15) is 0 Å². The van der Waals surface area contributed by atoms with Crippen molar-refractivity contribution in [1.82, 2.24) is 9.80 Å². The lowest BCUT2D eigenvalue weighted by molar-refractivity contribution is 0.0570. The van der Waals surface area contributed by atoms with Gasteiger partial charge in [-0.2, -0.15) is 0 Å². The molecule has 0 aromatic heterocycles. The minimum atomic E-state index is -1.00. The van der Waals surface area contributed by atoms with Gasteiger partial charge in [0, 0.05) is 31.2 Å². The van der Waals surface area contributed by atoms with E-state index in [1.807, 2.05) is 41.3 Å². The summed E-state index contributed by atoms with van der Waals surface area (Å²) in [5.74, 6) is -1.06. The fourth-order valence-electron chi connectivity index (χ4n) is 4.30. The molecule has 2 aliphatic rings. The summed E-state index contributed by atoms with van der Waals surface area (Å²) < 4.78 is 0. The van der Waals surface area contributed by atoms with Crippen LogP contribution in [0.3, 0.4) is 0 Å². The summed E-state index contributed by atoms with van der Waals surface area (Å²) >= 11 is 0. The van der Waals surface area contributed by atoms with Gasteiger partial charge in [-0.25, -0.2) is 4.79 Å². The maximum Gasteiger partial charge on any atom is 0.335 e. The molecule has 0 bridgehead atoms. The smallest absolute Gasteiger partial charge is 0.335 e. The van der Waals surface area contributed by atoms with Crippen LogP contribution >= 0.6 is 0 Å². The van der Waals surface area contributed by atoms with Crippen LogP contribution in [-0.2, 0) is 0 Å². The summed E-state index contributed by atoms with van der Waals surface area (Å²) in [5.41, 5.74) is 2.91. The van der Waals surface area contributed by atoms with Crippen LogP contribution in [0.1, 0.15) is 39.1 Å². The van der Waals surface area contributed by atoms with Crippen LogP contribution in [0.4, 0.5) is 0 Å². The highest BCUT2D eigenvalue weighted by molar-refractivity contribution is 6.01. The largest absolute Gasteiger partial charge is 0.478 e. The van der Waals surface area contributed by atoms with Gasteiger partial charge in [-0.05, 0) is 55.1 Å². The Morgan fingerprint density at radius 1 is 1.00 bits per heavy atom. The molecule has 5 nitrogen and oxygen atoms in total. The molecule has 27 heavy (non-hydrogen) atoms. The second-order valence-corrected chi connectivity index (χ2v) is 7.45. The number of hydrogen-bond acceptors (Lipinski definition) is 3. The van der Waals surface area contributed by atoms with E-state index in [0.717, 1.165) is 37.2 Å². The predicted molar refractivity (Wildman–Crippen MR) is 104 cm³/mol. The summed E-state index contributed by atoms with van der Waals surface area (Å²) in [6.07, 6.45) is 2.32. The maximum atomic E-state index is 13.3. The molecule has 2 aromatic rings. The first-order chi connectivity index (χ1) is 13.0. The summed E-state index contributed by atoms with van der Waals surface area (Å²) in [6.45, 7) is 5.19. The van der Waals surface area contributed by atoms with Gasteiger partial charge >= 0.3 is 5.97 Å². The number of piperazine rings is 1. The van der Waals surface area contributed by atoms with Crippen LogP contribution < -0.4 is 0 Å². The Bertz CT molecular complexity index is 879. The molecule has 0 aliphatic carbocycles. The van der Waals surface area contributed by atoms with E-state index in [1.165, 1.54) is 6.42 Å². The molecule has 5 heteroatoms. The fraction of sp³-hybridized carbons (Fsp3) is 0.364. The van der Waals surface area contributed by atoms with E-state index in [-0.39, 0.29) is 11.5 Å². The highest BCUT2D eigenvalue weighted by Gasteiger charge is 2.33. The fourth-order valence-corrected chi connectivity index (χ4v) is 4.30. The van der Waals surface area contributed by atoms with E-state index in [9.17, 15) is 14.7 Å². The lowest BCUT2D eigenvalue weighted by Gasteiger charge is -2.37. The average molecular weight is 364 g/mol. The minimum absolute atomic E-state index is 0.0562. The number of carbonyl (C=O) groups is 2. The van der Waals surface area contributed by atoms with Crippen LogP contribution in [0.2, 0.25) is 0 Å². The number of carboxylic acids is 1. The Morgan fingerprint density at radius 2 is 1.74 bits per heavy atom. The molecule has 1 unspecified atom stereocenters. The summed E-state index contributed by atoms with van der Waals surface area (Å²) in [4.78, 5) is 29.4. The molecular formula is C22H24N2O3. The van der Waals surface area contributed by atoms with Gasteiger partial charge in [0.05, 0.1) is 5.56 Å². The summed E-state index contributed by atoms with van der Waals surface area (Å²) in [6, 6.07) is 13.6. The molecule has 2 heterocycles. The van der Waals surface area contributed by atoms with Crippen LogP contribution in [-0.4, -0.2) is 59.0 Å². The van der Waals surface area contributed by atoms with Gasteiger partial charge in [-0.1, -0.05) is 30.3 Å². The molecule has 4 rings (SSSR count). The zero-order valence-corrected chi connectivity index (χ0v) is 15.5. The second-order valence-electron chi connectivity index (χ2n) is 7.45. The number of carboxylic acid groups (broad SMARTS) is 1. The van der Waals surface area contributed by atoms with Crippen molar-refractivity contribution in [1.29, 1.82) is 0 Å². The Balaban J connectivity index is 1.71. The molecule has 0 radical (unpaired) electrons. The molecule has 0 saturated carbocycles. The predicted octanol–water partition coefficient (Wildman–Crippen LogP) is 3.28. The first kappa shape index (κ1) is 17.7. The number of aromatic carboxylic acids is 1. The SMILES string of the molecule is Cc1c(C(=O)O)cc(-c2ccccc2)cc1C(=O)N1CCN2CCCC2C1. The van der Waals surface area contributed by atoms with Gasteiger partial charge in [-0.3, -0.25) is 9.69 Å². The number of carbonyl (C=O) groups excluding carboxylic acids is 1. The third-order valence-electron chi connectivity index (χ3n) is 5.85. The molecule has 2 saturated heterocycles. The Labute approximate surface area is 159 Å². The minimum Gasteiger partial charge on any atom is -0.478 e. The third kappa shape index (κ3) is 3.35. The number of rotatable bonds is 3. The monoisotopic (exact) mass is 364 g/mol. The lowest BCUT2D eigenvalue weighted by atomic mass is 9.94. The van der Waals surface area contributed by atoms with E-state index in [4.69, 9.17) is 0 Å². The van der Waals surface area contributed by atoms with Gasteiger partial charge in [0.15, 0.2) is 0 Å². The van der Waals surface area contributed by atoms with E-state index in [2.05, 4.69) is 4.90 Å². The van der Waals surface area contributed by atoms with Crippen molar-refractivity contribution in [3.8, 4) is 11.1 Å². The Morgan fingerprint density at radius 3 is 2.48 bits per heavy atom. The standard InChI is InChI=1S/C22H24N2O3/c1-15-19(21(25)24-11-10-23-9-5-8-18(23)14-24)12-17(13-20(15)22(26)27)16-6-3-2-4-7-16/h2-4,6-7,12-13,18H,5,8-11,14H2,1H3,(H,26,27). The van der Waals surface area contributed by atoms with Crippen molar-refractivity contribution < 1.29 is 14.7 Å². The summed E-state index contributed by atoms with van der Waals surface area (Å²) in [7, 11) is 0. The first-order valence-electron chi connectivity index (χ1n) is 9.51. The van der Waals surface area contributed by atoms with Crippen molar-refractivity contribution in [3.05, 3.63) is 59.2 Å². The second kappa shape index (κ2) is 7.16. The topological polar surface area (TPSA) is 60.9 Å². The molecule has 140 valence electrons. The zero-order chi connectivity index (χ0) is 19.0. The number of nitrogens with zero attached hydrogens (tertiary/aromatic N) is 2. The van der Waals surface area contributed by atoms with Crippen molar-refractivity contribution in [2.75, 3.05) is 26.2 Å². The molecule has 2 fully saturated rings. The van der Waals surface area contributed by atoms with E-state index in [0.29, 0.717) is 23.7 Å². The Kier molecular flexibility index (Phi) is 4.70. The Hall–Kier alpha value is -2.66. The highest BCUT2D eigenvalue weighted by atomic mass is 16.4. The number of benzene rings is 2. The van der Waals surface area contributed by atoms with Gasteiger partial charge in [-0.15, -0.1) is 0 Å². The van der Waals surface area contributed by atoms with E-state index >= 15 is 0 Å². The molecule has 1 N–H and O–H groups in total. The van der Waals surface area contributed by atoms with Crippen LogP contribution in [0.15, 0.2) is 42.5 Å². The van der Waals surface area contributed by atoms with Crippen molar-refractivity contribution in [2.45, 2.75) is 25.8 Å². The van der Waals surface area contributed by atoms with Crippen LogP contribution in [0.5, 0.6) is 0 Å². The third-order valence-corrected chi connectivity index (χ3v) is 5.85. The molecule has 1 atom stereocenters. The molecule has 0 spiro atoms. The molecule has 2 aromatic carbocycles. The van der Waals surface area contributed by atoms with Crippen LogP contribution in [0, 0.1) is 6.92 Å². The lowest BCUT2D eigenvalue weighted by Crippen LogP contribution is -2.52. The van der Waals surface area contributed by atoms with Crippen molar-refractivity contribution in [2.24, 2.45) is 0 Å². The normalized spacial score (nSPS) is 19.7. The van der Waals surface area contributed by atoms with Crippen molar-refractivity contribution >= 4 is 11.9 Å². The quantitative estimate of drug-likeness (QED) is 0.908. The number of amides is 1. The number of hydrogen-bond donors (Lipinski definition) is 1. The molecule has 1 amide bonds. The van der Waals surface area contributed by atoms with Gasteiger partial charge in [0.25, 0.3) is 5.91 Å². The first-order valence-corrected chi connectivity index (χ1v) is 9.51. The van der Waals surface area contributed by atoms with Gasteiger partial charge in [0.2, 0.25) is 0 Å². The van der Waals surface area contributed by atoms with Crippen molar-refractivity contribution in [3.63, 3.8) is 0 Å². The van der Waals surface area contributed by atoms with Crippen LogP contribution in [0.25, 0.3) is 11.1 Å². The molecular weight excluding hydrogens is 340 g/mol. The van der Waals surface area contributed by atoms with Gasteiger partial charge < -0.3 is 10.0 Å². The highest BCUT2D eigenvalue weighted by Crippen LogP contribution is 2.28. The van der Waals surface area contributed by atoms with E-state index in [1.54, 1.807) is 13.0 Å². The number of fused-ring (bicyclic) bond motifs is 1. The van der Waals surface area contributed by atoms with E-state index < -0.39 is 5.97 Å². The zero-order valence-electron chi connectivity index (χ0n) is 15.5.